The molecule has 0 saturated carbocycles. The standard InChI is InChI=1S/C13H18N2O2/c1-4-10(2)14-15-13(16)11(3)17-12-8-6-5-7-9-12/h5-9,11H,4H2,1-3H3,(H,15,16)/b14-10-. The largest absolute Gasteiger partial charge is 0.481 e. The van der Waals surface area contributed by atoms with Crippen LogP contribution in [0.2, 0.25) is 0 Å². The molecule has 0 aromatic heterocycles. The molecule has 0 aliphatic heterocycles. The molecule has 1 atom stereocenters. The molecule has 1 N–H and O–H groups in total. The third-order valence-electron chi connectivity index (χ3n) is 2.29. The van der Waals surface area contributed by atoms with Gasteiger partial charge in [-0.2, -0.15) is 5.10 Å². The van der Waals surface area contributed by atoms with Crippen LogP contribution in [0.25, 0.3) is 0 Å². The molecule has 0 fully saturated rings. The minimum atomic E-state index is -0.564. The molecular formula is C13H18N2O2. The summed E-state index contributed by atoms with van der Waals surface area (Å²) < 4.78 is 5.46. The molecule has 1 aromatic carbocycles. The number of rotatable bonds is 5. The lowest BCUT2D eigenvalue weighted by atomic mass is 10.3. The topological polar surface area (TPSA) is 50.7 Å². The van der Waals surface area contributed by atoms with Gasteiger partial charge in [-0.1, -0.05) is 25.1 Å². The SMILES string of the molecule is CC/C(C)=N\NC(=O)C(C)Oc1ccccc1. The van der Waals surface area contributed by atoms with E-state index in [2.05, 4.69) is 10.5 Å². The molecule has 0 aliphatic carbocycles. The molecule has 92 valence electrons. The molecule has 0 radical (unpaired) electrons. The Morgan fingerprint density at radius 1 is 1.41 bits per heavy atom. The highest BCUT2D eigenvalue weighted by Gasteiger charge is 2.13. The van der Waals surface area contributed by atoms with Gasteiger partial charge in [0, 0.05) is 5.71 Å². The smallest absolute Gasteiger partial charge is 0.280 e. The number of para-hydroxylation sites is 1. The first-order valence-electron chi connectivity index (χ1n) is 5.68. The zero-order chi connectivity index (χ0) is 12.7. The van der Waals surface area contributed by atoms with Crippen molar-refractivity contribution in [2.75, 3.05) is 0 Å². The minimum absolute atomic E-state index is 0.248. The van der Waals surface area contributed by atoms with E-state index in [0.717, 1.165) is 12.1 Å². The van der Waals surface area contributed by atoms with Gasteiger partial charge >= 0.3 is 0 Å². The second-order valence-electron chi connectivity index (χ2n) is 3.75. The van der Waals surface area contributed by atoms with E-state index in [9.17, 15) is 4.79 Å². The van der Waals surface area contributed by atoms with Gasteiger partial charge in [0.05, 0.1) is 0 Å². The number of hydrazone groups is 1. The van der Waals surface area contributed by atoms with E-state index in [4.69, 9.17) is 4.74 Å². The Kier molecular flexibility index (Phi) is 5.20. The monoisotopic (exact) mass is 234 g/mol. The summed E-state index contributed by atoms with van der Waals surface area (Å²) >= 11 is 0. The predicted molar refractivity (Wildman–Crippen MR) is 68.1 cm³/mol. The van der Waals surface area contributed by atoms with Crippen LogP contribution in [0.3, 0.4) is 0 Å². The highest BCUT2D eigenvalue weighted by molar-refractivity contribution is 5.85. The van der Waals surface area contributed by atoms with Crippen LogP contribution in [-0.2, 0) is 4.79 Å². The third kappa shape index (κ3) is 4.68. The predicted octanol–water partition coefficient (Wildman–Crippen LogP) is 2.36. The summed E-state index contributed by atoms with van der Waals surface area (Å²) in [6.45, 7) is 5.54. The highest BCUT2D eigenvalue weighted by atomic mass is 16.5. The van der Waals surface area contributed by atoms with Crippen LogP contribution in [0.1, 0.15) is 27.2 Å². The van der Waals surface area contributed by atoms with E-state index in [0.29, 0.717) is 5.75 Å². The number of carbonyl (C=O) groups is 1. The molecule has 4 heteroatoms. The lowest BCUT2D eigenvalue weighted by Gasteiger charge is -2.12. The molecule has 1 aromatic rings. The van der Waals surface area contributed by atoms with Crippen LogP contribution >= 0.6 is 0 Å². The van der Waals surface area contributed by atoms with Gasteiger partial charge in [-0.05, 0) is 32.4 Å². The fourth-order valence-corrected chi connectivity index (χ4v) is 1.08. The lowest BCUT2D eigenvalue weighted by molar-refractivity contribution is -0.127. The van der Waals surface area contributed by atoms with Crippen molar-refractivity contribution in [1.82, 2.24) is 5.43 Å². The molecule has 1 amide bonds. The molecule has 0 aliphatic rings. The van der Waals surface area contributed by atoms with Crippen molar-refractivity contribution in [3.63, 3.8) is 0 Å². The van der Waals surface area contributed by atoms with Crippen LogP contribution in [0.4, 0.5) is 0 Å². The summed E-state index contributed by atoms with van der Waals surface area (Å²) in [4.78, 5) is 11.6. The number of hydrogen-bond acceptors (Lipinski definition) is 3. The van der Waals surface area contributed by atoms with Gasteiger partial charge in [0.1, 0.15) is 5.75 Å². The first-order valence-corrected chi connectivity index (χ1v) is 5.68. The van der Waals surface area contributed by atoms with Gasteiger partial charge in [0.15, 0.2) is 6.10 Å². The van der Waals surface area contributed by atoms with Crippen molar-refractivity contribution in [1.29, 1.82) is 0 Å². The Bertz CT molecular complexity index is 388. The van der Waals surface area contributed by atoms with Crippen LogP contribution in [0.15, 0.2) is 35.4 Å². The van der Waals surface area contributed by atoms with E-state index in [1.165, 1.54) is 0 Å². The molecule has 1 rings (SSSR count). The van der Waals surface area contributed by atoms with Gasteiger partial charge in [-0.15, -0.1) is 0 Å². The Balaban J connectivity index is 2.48. The van der Waals surface area contributed by atoms with E-state index in [1.807, 2.05) is 44.2 Å². The summed E-state index contributed by atoms with van der Waals surface area (Å²) in [7, 11) is 0. The van der Waals surface area contributed by atoms with Gasteiger partial charge in [-0.3, -0.25) is 4.79 Å². The summed E-state index contributed by atoms with van der Waals surface area (Å²) in [5, 5.41) is 3.94. The van der Waals surface area contributed by atoms with Crippen molar-refractivity contribution in [3.8, 4) is 5.75 Å². The Labute approximate surface area is 102 Å². The van der Waals surface area contributed by atoms with Gasteiger partial charge in [0.25, 0.3) is 5.91 Å². The van der Waals surface area contributed by atoms with Gasteiger partial charge in [0.2, 0.25) is 0 Å². The zero-order valence-electron chi connectivity index (χ0n) is 10.4. The Hall–Kier alpha value is -1.84. The fraction of sp³-hybridized carbons (Fsp3) is 0.385. The summed E-state index contributed by atoms with van der Waals surface area (Å²) in [5.41, 5.74) is 3.36. The van der Waals surface area contributed by atoms with Crippen LogP contribution < -0.4 is 10.2 Å². The van der Waals surface area contributed by atoms with Crippen LogP contribution in [0.5, 0.6) is 5.75 Å². The highest BCUT2D eigenvalue weighted by Crippen LogP contribution is 2.10. The van der Waals surface area contributed by atoms with Crippen molar-refractivity contribution >= 4 is 11.6 Å². The molecule has 1 unspecified atom stereocenters. The summed E-state index contributed by atoms with van der Waals surface area (Å²) in [5.74, 6) is 0.424. The molecule has 0 spiro atoms. The maximum absolute atomic E-state index is 11.6. The van der Waals surface area contributed by atoms with Crippen molar-refractivity contribution in [2.24, 2.45) is 5.10 Å². The number of benzene rings is 1. The number of ether oxygens (including phenoxy) is 1. The average molecular weight is 234 g/mol. The van der Waals surface area contributed by atoms with Crippen LogP contribution in [0, 0.1) is 0 Å². The van der Waals surface area contributed by atoms with Gasteiger partial charge in [-0.25, -0.2) is 5.43 Å². The van der Waals surface area contributed by atoms with Crippen molar-refractivity contribution in [2.45, 2.75) is 33.3 Å². The maximum atomic E-state index is 11.6. The quantitative estimate of drug-likeness (QED) is 0.628. The Morgan fingerprint density at radius 2 is 2.06 bits per heavy atom. The third-order valence-corrected chi connectivity index (χ3v) is 2.29. The van der Waals surface area contributed by atoms with Gasteiger partial charge < -0.3 is 4.74 Å². The number of nitrogens with one attached hydrogen (secondary N) is 1. The first kappa shape index (κ1) is 13.2. The molecule has 0 saturated heterocycles. The number of carbonyl (C=O) groups excluding carboxylic acids is 1. The van der Waals surface area contributed by atoms with E-state index < -0.39 is 6.10 Å². The second-order valence-corrected chi connectivity index (χ2v) is 3.75. The summed E-state index contributed by atoms with van der Waals surface area (Å²) in [6, 6.07) is 9.24. The molecule has 0 heterocycles. The van der Waals surface area contributed by atoms with E-state index >= 15 is 0 Å². The maximum Gasteiger partial charge on any atom is 0.280 e. The molecule has 4 nitrogen and oxygen atoms in total. The van der Waals surface area contributed by atoms with Crippen molar-refractivity contribution in [3.05, 3.63) is 30.3 Å². The second kappa shape index (κ2) is 6.68. The number of hydrogen-bond donors (Lipinski definition) is 1. The number of nitrogens with zero attached hydrogens (tertiary/aromatic N) is 1. The minimum Gasteiger partial charge on any atom is -0.481 e. The average Bonchev–Trinajstić information content (AvgIpc) is 2.36. The molecular weight excluding hydrogens is 216 g/mol. The Morgan fingerprint density at radius 3 is 2.65 bits per heavy atom. The molecule has 17 heavy (non-hydrogen) atoms. The molecule has 0 bridgehead atoms. The van der Waals surface area contributed by atoms with E-state index in [-0.39, 0.29) is 5.91 Å². The summed E-state index contributed by atoms with van der Waals surface area (Å²) in [6.07, 6.45) is 0.250. The number of amides is 1. The van der Waals surface area contributed by atoms with E-state index in [1.54, 1.807) is 6.92 Å². The normalized spacial score (nSPS) is 13.0. The first-order chi connectivity index (χ1) is 8.13. The zero-order valence-corrected chi connectivity index (χ0v) is 10.4. The fourth-order valence-electron chi connectivity index (χ4n) is 1.08. The lowest BCUT2D eigenvalue weighted by Crippen LogP contribution is -2.33. The van der Waals surface area contributed by atoms with Crippen molar-refractivity contribution < 1.29 is 9.53 Å². The van der Waals surface area contributed by atoms with Crippen LogP contribution in [-0.4, -0.2) is 17.7 Å².